The van der Waals surface area contributed by atoms with Gasteiger partial charge in [0.1, 0.15) is 12.2 Å². The normalized spacial score (nSPS) is 10.1. The molecule has 0 atom stereocenters. The van der Waals surface area contributed by atoms with Crippen LogP contribution in [0.1, 0.15) is 15.9 Å². The third kappa shape index (κ3) is 2.95. The zero-order chi connectivity index (χ0) is 13.0. The number of nitrogens with zero attached hydrogens (tertiary/aromatic N) is 2. The lowest BCUT2D eigenvalue weighted by atomic mass is 10.2. The van der Waals surface area contributed by atoms with Crippen LogP contribution in [0.25, 0.3) is 0 Å². The molecule has 0 saturated carbocycles. The predicted molar refractivity (Wildman–Crippen MR) is 64.8 cm³/mol. The van der Waals surface area contributed by atoms with Crippen LogP contribution in [0, 0.1) is 0 Å². The van der Waals surface area contributed by atoms with Crippen LogP contribution in [0.4, 0.5) is 0 Å². The summed E-state index contributed by atoms with van der Waals surface area (Å²) in [7, 11) is 0. The van der Waals surface area contributed by atoms with Crippen molar-refractivity contribution < 1.29 is 14.6 Å². The number of hydrogen-bond donors (Lipinski definition) is 1. The lowest BCUT2D eigenvalue weighted by Gasteiger charge is -2.07. The Balaban J connectivity index is 2.18. The first-order valence-corrected chi connectivity index (χ1v) is 5.47. The molecule has 0 amide bonds. The third-order valence-corrected chi connectivity index (χ3v) is 2.36. The van der Waals surface area contributed by atoms with Crippen LogP contribution in [-0.4, -0.2) is 21.0 Å². The maximum atomic E-state index is 10.9. The molecule has 1 aromatic carbocycles. The smallest absolute Gasteiger partial charge is 0.342 e. The topological polar surface area (TPSA) is 72.3 Å². The van der Waals surface area contributed by atoms with Gasteiger partial charge in [0.25, 0.3) is 0 Å². The fourth-order valence-electron chi connectivity index (χ4n) is 1.33. The molecular weight excluding hydrogens is 256 g/mol. The van der Waals surface area contributed by atoms with Crippen molar-refractivity contribution in [2.24, 2.45) is 0 Å². The van der Waals surface area contributed by atoms with E-state index in [9.17, 15) is 4.79 Å². The number of carbonyl (C=O) groups is 1. The van der Waals surface area contributed by atoms with Crippen molar-refractivity contribution in [1.82, 2.24) is 9.97 Å². The van der Waals surface area contributed by atoms with Gasteiger partial charge < -0.3 is 9.84 Å². The van der Waals surface area contributed by atoms with Crippen LogP contribution in [0.2, 0.25) is 5.28 Å². The minimum absolute atomic E-state index is 0.0358. The van der Waals surface area contributed by atoms with Gasteiger partial charge in [0, 0.05) is 0 Å². The van der Waals surface area contributed by atoms with Crippen molar-refractivity contribution in [2.75, 3.05) is 0 Å². The molecule has 18 heavy (non-hydrogen) atoms. The molecule has 2 aromatic rings. The van der Waals surface area contributed by atoms with E-state index in [-0.39, 0.29) is 23.3 Å². The van der Waals surface area contributed by atoms with Crippen LogP contribution in [0.15, 0.2) is 36.5 Å². The monoisotopic (exact) mass is 264 g/mol. The highest BCUT2D eigenvalue weighted by atomic mass is 35.5. The third-order valence-electron chi connectivity index (χ3n) is 2.17. The van der Waals surface area contributed by atoms with E-state index in [1.165, 1.54) is 0 Å². The molecule has 1 N–H and O–H groups in total. The maximum absolute atomic E-state index is 10.9. The second-order valence-electron chi connectivity index (χ2n) is 3.44. The second-order valence-corrected chi connectivity index (χ2v) is 3.78. The summed E-state index contributed by atoms with van der Waals surface area (Å²) in [6.07, 6.45) is 1.12. The fraction of sp³-hybridized carbons (Fsp3) is 0.0833. The van der Waals surface area contributed by atoms with Crippen LogP contribution < -0.4 is 4.74 Å². The number of carboxylic acid groups (broad SMARTS) is 1. The maximum Gasteiger partial charge on any atom is 0.342 e. The van der Waals surface area contributed by atoms with E-state index in [1.807, 2.05) is 30.3 Å². The van der Waals surface area contributed by atoms with Crippen LogP contribution in [-0.2, 0) is 6.61 Å². The van der Waals surface area contributed by atoms with Gasteiger partial charge >= 0.3 is 5.97 Å². The molecule has 6 heteroatoms. The van der Waals surface area contributed by atoms with Crippen molar-refractivity contribution in [3.05, 3.63) is 52.9 Å². The van der Waals surface area contributed by atoms with Gasteiger partial charge in [0.2, 0.25) is 11.2 Å². The van der Waals surface area contributed by atoms with Crippen molar-refractivity contribution >= 4 is 17.6 Å². The number of halogens is 1. The SMILES string of the molecule is O=C(O)c1cnc(Cl)nc1OCc1ccccc1. The quantitative estimate of drug-likeness (QED) is 0.859. The number of hydrogen-bond acceptors (Lipinski definition) is 4. The Morgan fingerprint density at radius 2 is 2.06 bits per heavy atom. The lowest BCUT2D eigenvalue weighted by Crippen LogP contribution is -2.06. The second kappa shape index (κ2) is 5.46. The molecule has 0 radical (unpaired) electrons. The van der Waals surface area contributed by atoms with Crippen LogP contribution in [0.3, 0.4) is 0 Å². The fourth-order valence-corrected chi connectivity index (χ4v) is 1.45. The number of aromatic carboxylic acids is 1. The first kappa shape index (κ1) is 12.3. The summed E-state index contributed by atoms with van der Waals surface area (Å²) in [6.45, 7) is 0.217. The van der Waals surface area contributed by atoms with Crippen molar-refractivity contribution in [3.63, 3.8) is 0 Å². The summed E-state index contributed by atoms with van der Waals surface area (Å²) in [5.41, 5.74) is 0.791. The highest BCUT2D eigenvalue weighted by Gasteiger charge is 2.14. The minimum atomic E-state index is -1.16. The zero-order valence-electron chi connectivity index (χ0n) is 9.21. The molecule has 0 saturated heterocycles. The van der Waals surface area contributed by atoms with E-state index >= 15 is 0 Å². The summed E-state index contributed by atoms with van der Waals surface area (Å²) in [6, 6.07) is 9.34. The summed E-state index contributed by atoms with van der Waals surface area (Å²) in [5.74, 6) is -1.19. The molecule has 0 aliphatic heterocycles. The lowest BCUT2D eigenvalue weighted by molar-refractivity contribution is 0.0690. The molecule has 0 unspecified atom stereocenters. The number of ether oxygens (including phenoxy) is 1. The van der Waals surface area contributed by atoms with Gasteiger partial charge in [-0.05, 0) is 17.2 Å². The Kier molecular flexibility index (Phi) is 3.74. The number of benzene rings is 1. The molecule has 1 heterocycles. The Labute approximate surface area is 108 Å². The highest BCUT2D eigenvalue weighted by Crippen LogP contribution is 2.18. The van der Waals surface area contributed by atoms with Crippen molar-refractivity contribution in [2.45, 2.75) is 6.61 Å². The molecule has 0 aliphatic rings. The number of rotatable bonds is 4. The van der Waals surface area contributed by atoms with Gasteiger partial charge in [0.05, 0.1) is 6.20 Å². The number of aromatic nitrogens is 2. The van der Waals surface area contributed by atoms with Crippen LogP contribution >= 0.6 is 11.6 Å². The first-order chi connectivity index (χ1) is 8.66. The van der Waals surface area contributed by atoms with Crippen molar-refractivity contribution in [1.29, 1.82) is 0 Å². The molecule has 0 fully saturated rings. The Morgan fingerprint density at radius 1 is 1.33 bits per heavy atom. The molecular formula is C12H9ClN2O3. The van der Waals surface area contributed by atoms with Gasteiger partial charge in [0.15, 0.2) is 0 Å². The van der Waals surface area contributed by atoms with Gasteiger partial charge in [-0.2, -0.15) is 4.98 Å². The summed E-state index contributed by atoms with van der Waals surface area (Å²) in [5, 5.41) is 8.90. The van der Waals surface area contributed by atoms with E-state index < -0.39 is 5.97 Å². The molecule has 0 aliphatic carbocycles. The number of carboxylic acids is 1. The van der Waals surface area contributed by atoms with Gasteiger partial charge in [-0.1, -0.05) is 30.3 Å². The Bertz CT molecular complexity index is 561. The van der Waals surface area contributed by atoms with Gasteiger partial charge in [-0.15, -0.1) is 0 Å². The van der Waals surface area contributed by atoms with E-state index in [0.717, 1.165) is 11.8 Å². The van der Waals surface area contributed by atoms with Crippen molar-refractivity contribution in [3.8, 4) is 5.88 Å². The Hall–Kier alpha value is -2.14. The average Bonchev–Trinajstić information content (AvgIpc) is 2.37. The van der Waals surface area contributed by atoms with E-state index in [1.54, 1.807) is 0 Å². The summed E-state index contributed by atoms with van der Waals surface area (Å²) < 4.78 is 5.35. The molecule has 0 bridgehead atoms. The summed E-state index contributed by atoms with van der Waals surface area (Å²) in [4.78, 5) is 18.3. The molecule has 5 nitrogen and oxygen atoms in total. The average molecular weight is 265 g/mol. The molecule has 0 spiro atoms. The highest BCUT2D eigenvalue weighted by molar-refractivity contribution is 6.28. The zero-order valence-corrected chi connectivity index (χ0v) is 9.96. The minimum Gasteiger partial charge on any atom is -0.477 e. The van der Waals surface area contributed by atoms with E-state index in [2.05, 4.69) is 9.97 Å². The first-order valence-electron chi connectivity index (χ1n) is 5.09. The molecule has 2 rings (SSSR count). The largest absolute Gasteiger partial charge is 0.477 e. The van der Waals surface area contributed by atoms with Gasteiger partial charge in [-0.25, -0.2) is 9.78 Å². The molecule has 1 aromatic heterocycles. The van der Waals surface area contributed by atoms with Crippen LogP contribution in [0.5, 0.6) is 5.88 Å². The summed E-state index contributed by atoms with van der Waals surface area (Å²) >= 11 is 5.61. The Morgan fingerprint density at radius 3 is 2.72 bits per heavy atom. The van der Waals surface area contributed by atoms with E-state index in [0.29, 0.717) is 0 Å². The molecule has 92 valence electrons. The van der Waals surface area contributed by atoms with Gasteiger partial charge in [-0.3, -0.25) is 0 Å². The standard InChI is InChI=1S/C12H9ClN2O3/c13-12-14-6-9(11(16)17)10(15-12)18-7-8-4-2-1-3-5-8/h1-6H,7H2,(H,16,17). The predicted octanol–water partition coefficient (Wildman–Crippen LogP) is 2.41. The van der Waals surface area contributed by atoms with E-state index in [4.69, 9.17) is 21.4 Å².